The number of amides is 1. The van der Waals surface area contributed by atoms with E-state index in [0.29, 0.717) is 25.8 Å². The highest BCUT2D eigenvalue weighted by Gasteiger charge is 2.26. The van der Waals surface area contributed by atoms with Crippen LogP contribution in [0.2, 0.25) is 0 Å². The number of rotatable bonds is 8. The lowest BCUT2D eigenvalue weighted by molar-refractivity contribution is -0.137. The second-order valence-corrected chi connectivity index (χ2v) is 7.17. The molecule has 0 radical (unpaired) electrons. The van der Waals surface area contributed by atoms with Crippen molar-refractivity contribution in [1.29, 1.82) is 0 Å². The number of likely N-dealkylation sites (tertiary alicyclic amines) is 1. The van der Waals surface area contributed by atoms with E-state index in [9.17, 15) is 4.79 Å². The van der Waals surface area contributed by atoms with Crippen LogP contribution in [0.15, 0.2) is 36.7 Å². The Kier molecular flexibility index (Phi) is 6.16. The molecule has 1 aromatic carbocycles. The van der Waals surface area contributed by atoms with E-state index >= 15 is 0 Å². The highest BCUT2D eigenvalue weighted by molar-refractivity contribution is 5.77. The molecule has 0 unspecified atom stereocenters. The summed E-state index contributed by atoms with van der Waals surface area (Å²) < 4.78 is 14.3. The first-order valence-electron chi connectivity index (χ1n) is 9.90. The molecule has 9 heteroatoms. The van der Waals surface area contributed by atoms with Gasteiger partial charge in [-0.25, -0.2) is 9.67 Å². The lowest BCUT2D eigenvalue weighted by Crippen LogP contribution is -2.40. The van der Waals surface area contributed by atoms with Crippen LogP contribution in [0.1, 0.15) is 24.6 Å². The number of aromatic nitrogens is 5. The summed E-state index contributed by atoms with van der Waals surface area (Å²) in [6.45, 7) is 3.06. The second kappa shape index (κ2) is 9.15. The first-order chi connectivity index (χ1) is 14.3. The standard InChI is InChI=1S/C20H26N6O3/c1-28-12-13-29-14-19(27)24-9-6-16(7-10-24)20-21-8-11-25(20)15-26-18-5-3-2-4-17(18)22-23-26/h2-5,8,11,16H,6-7,9-10,12-15H2,1H3. The Labute approximate surface area is 169 Å². The molecule has 0 bridgehead atoms. The summed E-state index contributed by atoms with van der Waals surface area (Å²) in [7, 11) is 1.62. The predicted octanol–water partition coefficient (Wildman–Crippen LogP) is 1.50. The fourth-order valence-electron chi connectivity index (χ4n) is 3.75. The van der Waals surface area contributed by atoms with Gasteiger partial charge in [0, 0.05) is 38.5 Å². The molecule has 29 heavy (non-hydrogen) atoms. The zero-order chi connectivity index (χ0) is 20.1. The van der Waals surface area contributed by atoms with Crippen molar-refractivity contribution in [3.05, 3.63) is 42.5 Å². The van der Waals surface area contributed by atoms with Crippen molar-refractivity contribution in [2.24, 2.45) is 0 Å². The van der Waals surface area contributed by atoms with Crippen molar-refractivity contribution in [3.63, 3.8) is 0 Å². The maximum Gasteiger partial charge on any atom is 0.248 e. The predicted molar refractivity (Wildman–Crippen MR) is 106 cm³/mol. The van der Waals surface area contributed by atoms with Crippen molar-refractivity contribution in [1.82, 2.24) is 29.4 Å². The van der Waals surface area contributed by atoms with Crippen LogP contribution in [-0.2, 0) is 20.9 Å². The number of benzene rings is 1. The molecular weight excluding hydrogens is 372 g/mol. The first kappa shape index (κ1) is 19.5. The number of carbonyl (C=O) groups excluding carboxylic acids is 1. The fourth-order valence-corrected chi connectivity index (χ4v) is 3.75. The number of hydrogen-bond donors (Lipinski definition) is 0. The quantitative estimate of drug-likeness (QED) is 0.535. The molecule has 0 spiro atoms. The summed E-state index contributed by atoms with van der Waals surface area (Å²) in [5.41, 5.74) is 1.88. The van der Waals surface area contributed by atoms with Gasteiger partial charge in [0.15, 0.2) is 0 Å². The van der Waals surface area contributed by atoms with Crippen molar-refractivity contribution in [3.8, 4) is 0 Å². The number of methoxy groups -OCH3 is 1. The SMILES string of the molecule is COCCOCC(=O)N1CCC(c2nccn2Cn2nnc3ccccc32)CC1. The summed E-state index contributed by atoms with van der Waals surface area (Å²) in [5.74, 6) is 1.39. The van der Waals surface area contributed by atoms with Gasteiger partial charge in [-0.1, -0.05) is 17.3 Å². The molecule has 0 saturated carbocycles. The van der Waals surface area contributed by atoms with E-state index < -0.39 is 0 Å². The average molecular weight is 398 g/mol. The normalized spacial score (nSPS) is 15.3. The fraction of sp³-hybridized carbons (Fsp3) is 0.500. The van der Waals surface area contributed by atoms with Gasteiger partial charge >= 0.3 is 0 Å². The molecule has 0 atom stereocenters. The number of ether oxygens (including phenoxy) is 2. The summed E-state index contributed by atoms with van der Waals surface area (Å²) in [6.07, 6.45) is 5.58. The summed E-state index contributed by atoms with van der Waals surface area (Å²) >= 11 is 0. The molecule has 3 heterocycles. The number of para-hydroxylation sites is 1. The van der Waals surface area contributed by atoms with Crippen molar-refractivity contribution in [2.75, 3.05) is 40.0 Å². The minimum atomic E-state index is 0.0389. The number of carbonyl (C=O) groups is 1. The molecule has 1 fully saturated rings. The number of nitrogens with zero attached hydrogens (tertiary/aromatic N) is 6. The highest BCUT2D eigenvalue weighted by Crippen LogP contribution is 2.27. The Morgan fingerprint density at radius 3 is 2.86 bits per heavy atom. The van der Waals surface area contributed by atoms with Gasteiger partial charge in [-0.15, -0.1) is 5.10 Å². The van der Waals surface area contributed by atoms with Gasteiger partial charge in [-0.2, -0.15) is 0 Å². The monoisotopic (exact) mass is 398 g/mol. The molecule has 2 aromatic heterocycles. The number of imidazole rings is 1. The largest absolute Gasteiger partial charge is 0.382 e. The van der Waals surface area contributed by atoms with Gasteiger partial charge in [0.2, 0.25) is 5.91 Å². The molecule has 1 amide bonds. The van der Waals surface area contributed by atoms with E-state index in [1.165, 1.54) is 0 Å². The van der Waals surface area contributed by atoms with Crippen molar-refractivity contribution >= 4 is 16.9 Å². The van der Waals surface area contributed by atoms with Crippen LogP contribution in [0, 0.1) is 0 Å². The Balaban J connectivity index is 1.35. The zero-order valence-electron chi connectivity index (χ0n) is 16.6. The Morgan fingerprint density at radius 2 is 2.03 bits per heavy atom. The first-order valence-corrected chi connectivity index (χ1v) is 9.90. The van der Waals surface area contributed by atoms with Crippen LogP contribution < -0.4 is 0 Å². The van der Waals surface area contributed by atoms with Gasteiger partial charge in [0.05, 0.1) is 18.7 Å². The maximum atomic E-state index is 12.3. The minimum absolute atomic E-state index is 0.0389. The third kappa shape index (κ3) is 4.46. The third-order valence-electron chi connectivity index (χ3n) is 5.32. The van der Waals surface area contributed by atoms with E-state index in [1.807, 2.05) is 46.2 Å². The van der Waals surface area contributed by atoms with Crippen LogP contribution in [0.4, 0.5) is 0 Å². The molecule has 0 aliphatic carbocycles. The molecule has 3 aromatic rings. The highest BCUT2D eigenvalue weighted by atomic mass is 16.5. The third-order valence-corrected chi connectivity index (χ3v) is 5.32. The smallest absolute Gasteiger partial charge is 0.248 e. The van der Waals surface area contributed by atoms with E-state index in [1.54, 1.807) is 7.11 Å². The Hall–Kier alpha value is -2.78. The number of hydrogen-bond acceptors (Lipinski definition) is 6. The maximum absolute atomic E-state index is 12.3. The van der Waals surface area contributed by atoms with Crippen LogP contribution in [0.5, 0.6) is 0 Å². The van der Waals surface area contributed by atoms with Gasteiger partial charge in [-0.05, 0) is 25.0 Å². The van der Waals surface area contributed by atoms with E-state index in [4.69, 9.17) is 9.47 Å². The topological polar surface area (TPSA) is 87.3 Å². The number of piperidine rings is 1. The van der Waals surface area contributed by atoms with Crippen LogP contribution in [0.25, 0.3) is 11.0 Å². The lowest BCUT2D eigenvalue weighted by atomic mass is 9.96. The Morgan fingerprint density at radius 1 is 1.21 bits per heavy atom. The minimum Gasteiger partial charge on any atom is -0.382 e. The van der Waals surface area contributed by atoms with E-state index in [0.717, 1.165) is 42.8 Å². The second-order valence-electron chi connectivity index (χ2n) is 7.17. The summed E-state index contributed by atoms with van der Waals surface area (Å²) in [6, 6.07) is 7.93. The molecule has 0 N–H and O–H groups in total. The molecule has 1 saturated heterocycles. The summed E-state index contributed by atoms with van der Waals surface area (Å²) in [4.78, 5) is 18.8. The van der Waals surface area contributed by atoms with Crippen LogP contribution in [0.3, 0.4) is 0 Å². The molecular formula is C20H26N6O3. The molecule has 154 valence electrons. The van der Waals surface area contributed by atoms with Gasteiger partial charge in [0.25, 0.3) is 0 Å². The van der Waals surface area contributed by atoms with Gasteiger partial charge < -0.3 is 18.9 Å². The molecule has 1 aliphatic heterocycles. The van der Waals surface area contributed by atoms with Crippen LogP contribution in [-0.4, -0.2) is 75.4 Å². The zero-order valence-corrected chi connectivity index (χ0v) is 16.6. The number of fused-ring (bicyclic) bond motifs is 1. The van der Waals surface area contributed by atoms with E-state index in [-0.39, 0.29) is 12.5 Å². The molecule has 9 nitrogen and oxygen atoms in total. The van der Waals surface area contributed by atoms with Crippen LogP contribution >= 0.6 is 0 Å². The van der Waals surface area contributed by atoms with E-state index in [2.05, 4.69) is 19.9 Å². The lowest BCUT2D eigenvalue weighted by Gasteiger charge is -2.32. The van der Waals surface area contributed by atoms with Gasteiger partial charge in [-0.3, -0.25) is 4.79 Å². The Bertz CT molecular complexity index is 945. The average Bonchev–Trinajstić information content (AvgIpc) is 3.39. The molecule has 1 aliphatic rings. The van der Waals surface area contributed by atoms with Gasteiger partial charge in [0.1, 0.15) is 24.6 Å². The summed E-state index contributed by atoms with van der Waals surface area (Å²) in [5, 5.41) is 8.50. The van der Waals surface area contributed by atoms with Crippen molar-refractivity contribution in [2.45, 2.75) is 25.4 Å². The van der Waals surface area contributed by atoms with Crippen molar-refractivity contribution < 1.29 is 14.3 Å². The molecule has 4 rings (SSSR count).